The molecule has 1 N–H and O–H groups in total. The third kappa shape index (κ3) is 3.64. The minimum Gasteiger partial charge on any atom is -0.326 e. The van der Waals surface area contributed by atoms with E-state index in [1.807, 2.05) is 56.3 Å². The van der Waals surface area contributed by atoms with Gasteiger partial charge in [0.15, 0.2) is 0 Å². The van der Waals surface area contributed by atoms with Crippen LogP contribution in [-0.2, 0) is 9.59 Å². The van der Waals surface area contributed by atoms with E-state index in [1.165, 1.54) is 5.56 Å². The van der Waals surface area contributed by atoms with Crippen molar-refractivity contribution in [2.24, 2.45) is 5.92 Å². The van der Waals surface area contributed by atoms with Crippen LogP contribution in [0.5, 0.6) is 0 Å². The Morgan fingerprint density at radius 3 is 2.54 bits per heavy atom. The second-order valence-corrected chi connectivity index (χ2v) is 7.41. The number of carbonyl (C=O) groups is 2. The molecule has 4 nitrogen and oxygen atoms in total. The average Bonchev–Trinajstić information content (AvgIpc) is 2.99. The molecule has 26 heavy (non-hydrogen) atoms. The Labute approximate surface area is 155 Å². The molecule has 136 valence electrons. The maximum absolute atomic E-state index is 12.7. The first-order valence-electron chi connectivity index (χ1n) is 9.14. The zero-order valence-electron chi connectivity index (χ0n) is 15.9. The van der Waals surface area contributed by atoms with E-state index in [0.29, 0.717) is 12.5 Å². The Morgan fingerprint density at radius 1 is 1.12 bits per heavy atom. The van der Waals surface area contributed by atoms with Crippen molar-refractivity contribution in [2.75, 3.05) is 16.8 Å². The number of aryl methyl sites for hydroxylation is 2. The topological polar surface area (TPSA) is 49.4 Å². The number of para-hydroxylation sites is 1. The first-order chi connectivity index (χ1) is 12.4. The number of hydrogen-bond acceptors (Lipinski definition) is 2. The second kappa shape index (κ2) is 7.32. The molecule has 4 heteroatoms. The van der Waals surface area contributed by atoms with E-state index < -0.39 is 0 Å². The first-order valence-corrected chi connectivity index (χ1v) is 9.14. The van der Waals surface area contributed by atoms with E-state index in [1.54, 1.807) is 4.90 Å². The van der Waals surface area contributed by atoms with Crippen LogP contribution >= 0.6 is 0 Å². The minimum absolute atomic E-state index is 0.00514. The average molecular weight is 350 g/mol. The van der Waals surface area contributed by atoms with Crippen molar-refractivity contribution >= 4 is 23.2 Å². The Morgan fingerprint density at radius 2 is 1.85 bits per heavy atom. The molecule has 3 rings (SSSR count). The van der Waals surface area contributed by atoms with Crippen molar-refractivity contribution < 1.29 is 9.59 Å². The second-order valence-electron chi connectivity index (χ2n) is 7.41. The van der Waals surface area contributed by atoms with Gasteiger partial charge in [0.1, 0.15) is 0 Å². The van der Waals surface area contributed by atoms with Gasteiger partial charge in [0, 0.05) is 24.3 Å². The summed E-state index contributed by atoms with van der Waals surface area (Å²) in [6.07, 6.45) is 0.253. The number of benzene rings is 2. The summed E-state index contributed by atoms with van der Waals surface area (Å²) in [5, 5.41) is 3.03. The fourth-order valence-corrected chi connectivity index (χ4v) is 3.38. The molecule has 1 atom stereocenters. The summed E-state index contributed by atoms with van der Waals surface area (Å²) in [5.41, 5.74) is 5.16. The lowest BCUT2D eigenvalue weighted by molar-refractivity contribution is -0.122. The van der Waals surface area contributed by atoms with Gasteiger partial charge in [-0.05, 0) is 54.7 Å². The maximum atomic E-state index is 12.7. The van der Waals surface area contributed by atoms with Crippen molar-refractivity contribution in [3.63, 3.8) is 0 Å². The van der Waals surface area contributed by atoms with Gasteiger partial charge in [-0.15, -0.1) is 0 Å². The molecule has 0 aromatic heterocycles. The molecule has 1 saturated heterocycles. The van der Waals surface area contributed by atoms with Crippen LogP contribution in [0.25, 0.3) is 0 Å². The van der Waals surface area contributed by atoms with Crippen LogP contribution in [0.4, 0.5) is 11.4 Å². The predicted molar refractivity (Wildman–Crippen MR) is 106 cm³/mol. The summed E-state index contributed by atoms with van der Waals surface area (Å²) in [5.74, 6) is -0.0867. The normalized spacial score (nSPS) is 17.0. The highest BCUT2D eigenvalue weighted by molar-refractivity contribution is 6.03. The third-order valence-corrected chi connectivity index (χ3v) is 5.14. The fourth-order valence-electron chi connectivity index (χ4n) is 3.38. The van der Waals surface area contributed by atoms with Crippen molar-refractivity contribution in [1.82, 2.24) is 0 Å². The highest BCUT2D eigenvalue weighted by atomic mass is 16.2. The number of anilines is 2. The van der Waals surface area contributed by atoms with Gasteiger partial charge >= 0.3 is 0 Å². The molecule has 1 fully saturated rings. The SMILES string of the molecule is Cc1ccc(N2C[C@H](C(=O)Nc3ccccc3C(C)C)CC2=O)cc1C. The lowest BCUT2D eigenvalue weighted by atomic mass is 10.0. The zero-order chi connectivity index (χ0) is 18.8. The van der Waals surface area contributed by atoms with Crippen LogP contribution in [0, 0.1) is 19.8 Å². The number of carbonyl (C=O) groups excluding carboxylic acids is 2. The van der Waals surface area contributed by atoms with Gasteiger partial charge in [0.25, 0.3) is 0 Å². The Balaban J connectivity index is 1.74. The molecule has 0 bridgehead atoms. The van der Waals surface area contributed by atoms with Crippen molar-refractivity contribution in [2.45, 2.75) is 40.0 Å². The summed E-state index contributed by atoms with van der Waals surface area (Å²) < 4.78 is 0. The number of hydrogen-bond donors (Lipinski definition) is 1. The Bertz CT molecular complexity index is 842. The lowest BCUT2D eigenvalue weighted by Gasteiger charge is -2.19. The highest BCUT2D eigenvalue weighted by Crippen LogP contribution is 2.29. The maximum Gasteiger partial charge on any atom is 0.229 e. The van der Waals surface area contributed by atoms with E-state index in [4.69, 9.17) is 0 Å². The number of nitrogens with one attached hydrogen (secondary N) is 1. The van der Waals surface area contributed by atoms with E-state index in [-0.39, 0.29) is 24.2 Å². The van der Waals surface area contributed by atoms with Gasteiger partial charge in [0.2, 0.25) is 11.8 Å². The van der Waals surface area contributed by atoms with E-state index >= 15 is 0 Å². The monoisotopic (exact) mass is 350 g/mol. The van der Waals surface area contributed by atoms with Gasteiger partial charge in [-0.3, -0.25) is 9.59 Å². The molecule has 0 unspecified atom stereocenters. The van der Waals surface area contributed by atoms with Crippen LogP contribution in [0.15, 0.2) is 42.5 Å². The number of nitrogens with zero attached hydrogens (tertiary/aromatic N) is 1. The van der Waals surface area contributed by atoms with Crippen LogP contribution in [0.1, 0.15) is 42.9 Å². The first kappa shape index (κ1) is 18.2. The van der Waals surface area contributed by atoms with Gasteiger partial charge in [-0.1, -0.05) is 38.1 Å². The summed E-state index contributed by atoms with van der Waals surface area (Å²) in [7, 11) is 0. The molecular formula is C22H26N2O2. The molecule has 2 amide bonds. The summed E-state index contributed by atoms with van der Waals surface area (Å²) in [6, 6.07) is 13.8. The van der Waals surface area contributed by atoms with Crippen LogP contribution in [0.3, 0.4) is 0 Å². The van der Waals surface area contributed by atoms with Gasteiger partial charge in [0.05, 0.1) is 5.92 Å². The van der Waals surface area contributed by atoms with Crippen LogP contribution < -0.4 is 10.2 Å². The zero-order valence-corrected chi connectivity index (χ0v) is 15.9. The van der Waals surface area contributed by atoms with Crippen molar-refractivity contribution in [3.05, 3.63) is 59.2 Å². The highest BCUT2D eigenvalue weighted by Gasteiger charge is 2.35. The predicted octanol–water partition coefficient (Wildman–Crippen LogP) is 4.42. The van der Waals surface area contributed by atoms with E-state index in [0.717, 1.165) is 22.5 Å². The molecule has 0 saturated carbocycles. The third-order valence-electron chi connectivity index (χ3n) is 5.14. The molecule has 0 radical (unpaired) electrons. The Kier molecular flexibility index (Phi) is 5.12. The summed E-state index contributed by atoms with van der Waals surface area (Å²) in [6.45, 7) is 8.72. The lowest BCUT2D eigenvalue weighted by Crippen LogP contribution is -2.28. The molecule has 0 spiro atoms. The molecule has 1 aliphatic heterocycles. The van der Waals surface area contributed by atoms with Gasteiger partial charge in [-0.25, -0.2) is 0 Å². The number of amides is 2. The summed E-state index contributed by atoms with van der Waals surface area (Å²) >= 11 is 0. The largest absolute Gasteiger partial charge is 0.326 e. The van der Waals surface area contributed by atoms with Crippen molar-refractivity contribution in [3.8, 4) is 0 Å². The molecule has 2 aromatic rings. The minimum atomic E-state index is -0.329. The van der Waals surface area contributed by atoms with Gasteiger partial charge in [-0.2, -0.15) is 0 Å². The van der Waals surface area contributed by atoms with Crippen LogP contribution in [0.2, 0.25) is 0 Å². The number of rotatable bonds is 4. The van der Waals surface area contributed by atoms with Crippen molar-refractivity contribution in [1.29, 1.82) is 0 Å². The van der Waals surface area contributed by atoms with E-state index in [9.17, 15) is 9.59 Å². The molecule has 0 aliphatic carbocycles. The molecule has 1 heterocycles. The summed E-state index contributed by atoms with van der Waals surface area (Å²) in [4.78, 5) is 26.9. The molecular weight excluding hydrogens is 324 g/mol. The quantitative estimate of drug-likeness (QED) is 0.887. The van der Waals surface area contributed by atoms with Crippen LogP contribution in [-0.4, -0.2) is 18.4 Å². The standard InChI is InChI=1S/C22H26N2O2/c1-14(2)19-7-5-6-8-20(19)23-22(26)17-12-21(25)24(13-17)18-10-9-15(3)16(4)11-18/h5-11,14,17H,12-13H2,1-4H3,(H,23,26)/t17-/m1/s1. The molecule has 1 aliphatic rings. The van der Waals surface area contributed by atoms with Gasteiger partial charge < -0.3 is 10.2 Å². The fraction of sp³-hybridized carbons (Fsp3) is 0.364. The molecule has 2 aromatic carbocycles. The van der Waals surface area contributed by atoms with E-state index in [2.05, 4.69) is 19.2 Å². The Hall–Kier alpha value is -2.62. The smallest absolute Gasteiger partial charge is 0.229 e.